The predicted molar refractivity (Wildman–Crippen MR) is 48.1 cm³/mol. The van der Waals surface area contributed by atoms with Crippen molar-refractivity contribution in [3.8, 4) is 5.75 Å². The normalized spacial score (nSPS) is 9.73. The Balaban J connectivity index is 2.93. The van der Waals surface area contributed by atoms with E-state index in [9.17, 15) is 0 Å². The van der Waals surface area contributed by atoms with Gasteiger partial charge in [-0.2, -0.15) is 0 Å². The second-order valence-corrected chi connectivity index (χ2v) is 3.09. The van der Waals surface area contributed by atoms with Crippen molar-refractivity contribution < 1.29 is 4.74 Å². The minimum Gasteiger partial charge on any atom is -0.492 e. The van der Waals surface area contributed by atoms with Crippen LogP contribution >= 0.6 is 27.5 Å². The van der Waals surface area contributed by atoms with E-state index in [0.29, 0.717) is 17.4 Å². The molecule has 0 N–H and O–H groups in total. The number of ether oxygens (including phenoxy) is 1. The van der Waals surface area contributed by atoms with Crippen LogP contribution in [0.5, 0.6) is 5.75 Å². The Bertz CT molecular complexity index is 254. The molecule has 60 valence electrons. The largest absolute Gasteiger partial charge is 0.492 e. The van der Waals surface area contributed by atoms with Crippen LogP contribution in [0.1, 0.15) is 6.92 Å². The van der Waals surface area contributed by atoms with Gasteiger partial charge < -0.3 is 4.74 Å². The third-order valence-corrected chi connectivity index (χ3v) is 1.80. The van der Waals surface area contributed by atoms with Crippen LogP contribution in [-0.2, 0) is 0 Å². The summed E-state index contributed by atoms with van der Waals surface area (Å²) in [7, 11) is 0. The monoisotopic (exact) mass is 235 g/mol. The van der Waals surface area contributed by atoms with Crippen LogP contribution in [0.15, 0.2) is 16.9 Å². The smallest absolute Gasteiger partial charge is 0.142 e. The van der Waals surface area contributed by atoms with Crippen molar-refractivity contribution in [2.24, 2.45) is 0 Å². The zero-order valence-corrected chi connectivity index (χ0v) is 8.32. The number of nitrogens with zero attached hydrogens (tertiary/aromatic N) is 1. The number of aromatic nitrogens is 1. The minimum absolute atomic E-state index is 0.537. The number of hydrogen-bond donors (Lipinski definition) is 0. The highest BCUT2D eigenvalue weighted by atomic mass is 79.9. The zero-order valence-electron chi connectivity index (χ0n) is 5.97. The van der Waals surface area contributed by atoms with Crippen LogP contribution in [0, 0.1) is 0 Å². The first kappa shape index (κ1) is 8.81. The van der Waals surface area contributed by atoms with Gasteiger partial charge >= 0.3 is 0 Å². The van der Waals surface area contributed by atoms with Crippen LogP contribution in [-0.4, -0.2) is 11.6 Å². The molecule has 0 saturated carbocycles. The molecule has 11 heavy (non-hydrogen) atoms. The molecule has 1 rings (SSSR count). The Morgan fingerprint density at radius 2 is 2.45 bits per heavy atom. The van der Waals surface area contributed by atoms with Crippen LogP contribution in [0.25, 0.3) is 0 Å². The molecular formula is C7H7BrClNO. The summed E-state index contributed by atoms with van der Waals surface area (Å²) < 4.78 is 5.94. The standard InChI is InChI=1S/C7H7BrClNO/c1-2-11-6-3-7(8)10-4-5(6)9/h3-4H,2H2,1H3. The van der Waals surface area contributed by atoms with Crippen molar-refractivity contribution in [3.05, 3.63) is 21.9 Å². The third kappa shape index (κ3) is 2.34. The van der Waals surface area contributed by atoms with E-state index in [2.05, 4.69) is 20.9 Å². The number of pyridine rings is 1. The summed E-state index contributed by atoms with van der Waals surface area (Å²) in [4.78, 5) is 3.93. The quantitative estimate of drug-likeness (QED) is 0.737. The van der Waals surface area contributed by atoms with Crippen molar-refractivity contribution in [2.45, 2.75) is 6.92 Å². The van der Waals surface area contributed by atoms with Crippen LogP contribution in [0.3, 0.4) is 0 Å². The molecule has 0 radical (unpaired) electrons. The lowest BCUT2D eigenvalue weighted by Crippen LogP contribution is -1.92. The zero-order chi connectivity index (χ0) is 8.27. The van der Waals surface area contributed by atoms with Crippen molar-refractivity contribution in [3.63, 3.8) is 0 Å². The summed E-state index contributed by atoms with van der Waals surface area (Å²) in [5.74, 6) is 0.663. The van der Waals surface area contributed by atoms with E-state index >= 15 is 0 Å². The molecule has 0 aromatic carbocycles. The first-order chi connectivity index (χ1) is 5.24. The first-order valence-corrected chi connectivity index (χ1v) is 4.35. The molecule has 0 saturated heterocycles. The minimum atomic E-state index is 0.537. The number of hydrogen-bond acceptors (Lipinski definition) is 2. The molecule has 0 aliphatic heterocycles. The van der Waals surface area contributed by atoms with E-state index in [1.807, 2.05) is 6.92 Å². The maximum absolute atomic E-state index is 5.77. The Labute approximate surface area is 78.7 Å². The highest BCUT2D eigenvalue weighted by Gasteiger charge is 2.00. The molecule has 1 heterocycles. The van der Waals surface area contributed by atoms with Crippen molar-refractivity contribution >= 4 is 27.5 Å². The molecular weight excluding hydrogens is 229 g/mol. The number of rotatable bonds is 2. The molecule has 0 aliphatic rings. The van der Waals surface area contributed by atoms with Gasteiger partial charge in [0.05, 0.1) is 12.8 Å². The van der Waals surface area contributed by atoms with Crippen LogP contribution in [0.2, 0.25) is 5.02 Å². The van der Waals surface area contributed by atoms with Gasteiger partial charge in [-0.25, -0.2) is 4.98 Å². The fourth-order valence-electron chi connectivity index (χ4n) is 0.662. The molecule has 0 unspecified atom stereocenters. The fourth-order valence-corrected chi connectivity index (χ4v) is 1.13. The SMILES string of the molecule is CCOc1cc(Br)ncc1Cl. The van der Waals surface area contributed by atoms with Gasteiger partial charge in [0.15, 0.2) is 0 Å². The third-order valence-electron chi connectivity index (χ3n) is 1.09. The number of halogens is 2. The summed E-state index contributed by atoms with van der Waals surface area (Å²) in [6.45, 7) is 2.51. The topological polar surface area (TPSA) is 22.1 Å². The van der Waals surface area contributed by atoms with E-state index in [0.717, 1.165) is 4.60 Å². The van der Waals surface area contributed by atoms with E-state index in [1.165, 1.54) is 0 Å². The van der Waals surface area contributed by atoms with E-state index in [4.69, 9.17) is 16.3 Å². The summed E-state index contributed by atoms with van der Waals surface area (Å²) in [5.41, 5.74) is 0. The molecule has 0 aliphatic carbocycles. The fraction of sp³-hybridized carbons (Fsp3) is 0.286. The van der Waals surface area contributed by atoms with Gasteiger partial charge in [0.2, 0.25) is 0 Å². The Morgan fingerprint density at radius 1 is 1.73 bits per heavy atom. The first-order valence-electron chi connectivity index (χ1n) is 3.18. The summed E-state index contributed by atoms with van der Waals surface area (Å²) >= 11 is 8.98. The highest BCUT2D eigenvalue weighted by Crippen LogP contribution is 2.25. The molecule has 4 heteroatoms. The van der Waals surface area contributed by atoms with Gasteiger partial charge in [-0.1, -0.05) is 11.6 Å². The lowest BCUT2D eigenvalue weighted by atomic mass is 10.4. The van der Waals surface area contributed by atoms with E-state index < -0.39 is 0 Å². The Hall–Kier alpha value is -0.280. The van der Waals surface area contributed by atoms with Gasteiger partial charge in [0.25, 0.3) is 0 Å². The lowest BCUT2D eigenvalue weighted by Gasteiger charge is -2.03. The molecule has 2 nitrogen and oxygen atoms in total. The molecule has 1 aromatic heterocycles. The molecule has 0 spiro atoms. The maximum Gasteiger partial charge on any atom is 0.142 e. The van der Waals surface area contributed by atoms with Gasteiger partial charge in [-0.05, 0) is 22.9 Å². The van der Waals surface area contributed by atoms with Crippen LogP contribution < -0.4 is 4.74 Å². The van der Waals surface area contributed by atoms with Crippen molar-refractivity contribution in [2.75, 3.05) is 6.61 Å². The summed E-state index contributed by atoms with van der Waals surface area (Å²) in [5, 5.41) is 0.537. The average Bonchev–Trinajstić information content (AvgIpc) is 1.98. The predicted octanol–water partition coefficient (Wildman–Crippen LogP) is 2.90. The molecule has 0 amide bonds. The van der Waals surface area contributed by atoms with Gasteiger partial charge in [0, 0.05) is 6.07 Å². The van der Waals surface area contributed by atoms with Crippen LogP contribution in [0.4, 0.5) is 0 Å². The van der Waals surface area contributed by atoms with Gasteiger partial charge in [-0.3, -0.25) is 0 Å². The van der Waals surface area contributed by atoms with Crippen molar-refractivity contribution in [1.29, 1.82) is 0 Å². The summed E-state index contributed by atoms with van der Waals surface area (Å²) in [6, 6.07) is 1.74. The molecule has 0 fully saturated rings. The second-order valence-electron chi connectivity index (χ2n) is 1.87. The van der Waals surface area contributed by atoms with Gasteiger partial charge in [0.1, 0.15) is 15.4 Å². The highest BCUT2D eigenvalue weighted by molar-refractivity contribution is 9.10. The molecule has 0 bridgehead atoms. The Morgan fingerprint density at radius 3 is 3.09 bits per heavy atom. The van der Waals surface area contributed by atoms with Gasteiger partial charge in [-0.15, -0.1) is 0 Å². The van der Waals surface area contributed by atoms with Crippen molar-refractivity contribution in [1.82, 2.24) is 4.98 Å². The summed E-state index contributed by atoms with van der Waals surface area (Å²) in [6.07, 6.45) is 1.55. The molecule has 1 aromatic rings. The van der Waals surface area contributed by atoms with E-state index in [-0.39, 0.29) is 0 Å². The molecule has 0 atom stereocenters. The van der Waals surface area contributed by atoms with E-state index in [1.54, 1.807) is 12.3 Å². The average molecular weight is 236 g/mol. The Kier molecular flexibility index (Phi) is 3.15. The lowest BCUT2D eigenvalue weighted by molar-refractivity contribution is 0.340. The maximum atomic E-state index is 5.77. The second kappa shape index (κ2) is 3.93.